The Bertz CT molecular complexity index is 559. The Morgan fingerprint density at radius 2 is 1.80 bits per heavy atom. The third-order valence-electron chi connectivity index (χ3n) is 1.87. The van der Waals surface area contributed by atoms with Crippen molar-refractivity contribution >= 4 is 11.0 Å². The standard InChI is InChI=1S/C9H5F3N2O/c10-9(11,12)6-3-1-5-2-4-7(15)14-8(5)13-6/h1-4H,(H,13,14,15). The summed E-state index contributed by atoms with van der Waals surface area (Å²) in [5.41, 5.74) is -1.55. The highest BCUT2D eigenvalue weighted by Crippen LogP contribution is 2.28. The fourth-order valence-electron chi connectivity index (χ4n) is 1.19. The van der Waals surface area contributed by atoms with Gasteiger partial charge in [-0.15, -0.1) is 0 Å². The van der Waals surface area contributed by atoms with Crippen LogP contribution < -0.4 is 5.56 Å². The van der Waals surface area contributed by atoms with Crippen LogP contribution in [0.3, 0.4) is 0 Å². The van der Waals surface area contributed by atoms with Gasteiger partial charge in [-0.25, -0.2) is 4.98 Å². The maximum absolute atomic E-state index is 12.3. The van der Waals surface area contributed by atoms with E-state index in [1.807, 2.05) is 0 Å². The van der Waals surface area contributed by atoms with Crippen molar-refractivity contribution in [2.24, 2.45) is 0 Å². The Labute approximate surface area is 81.6 Å². The number of fused-ring (bicyclic) bond motifs is 1. The van der Waals surface area contributed by atoms with Gasteiger partial charge in [0.2, 0.25) is 5.56 Å². The highest BCUT2D eigenvalue weighted by molar-refractivity contribution is 5.74. The fourth-order valence-corrected chi connectivity index (χ4v) is 1.19. The van der Waals surface area contributed by atoms with E-state index in [0.29, 0.717) is 5.39 Å². The number of halogens is 3. The van der Waals surface area contributed by atoms with Gasteiger partial charge >= 0.3 is 6.18 Å². The number of hydrogen-bond acceptors (Lipinski definition) is 2. The number of aromatic nitrogens is 2. The summed E-state index contributed by atoms with van der Waals surface area (Å²) in [7, 11) is 0. The molecule has 2 aromatic rings. The molecule has 2 rings (SSSR count). The minimum atomic E-state index is -4.50. The lowest BCUT2D eigenvalue weighted by Crippen LogP contribution is -2.10. The lowest BCUT2D eigenvalue weighted by atomic mass is 10.2. The van der Waals surface area contributed by atoms with E-state index >= 15 is 0 Å². The van der Waals surface area contributed by atoms with Crippen LogP contribution >= 0.6 is 0 Å². The van der Waals surface area contributed by atoms with Gasteiger partial charge < -0.3 is 4.98 Å². The van der Waals surface area contributed by atoms with Crippen molar-refractivity contribution in [2.75, 3.05) is 0 Å². The van der Waals surface area contributed by atoms with Gasteiger partial charge in [-0.05, 0) is 18.2 Å². The Balaban J connectivity index is 2.70. The molecule has 15 heavy (non-hydrogen) atoms. The summed E-state index contributed by atoms with van der Waals surface area (Å²) in [5.74, 6) is 0. The number of nitrogens with zero attached hydrogens (tertiary/aromatic N) is 1. The van der Waals surface area contributed by atoms with Gasteiger partial charge in [-0.3, -0.25) is 4.79 Å². The van der Waals surface area contributed by atoms with Gasteiger partial charge in [-0.2, -0.15) is 13.2 Å². The number of H-pyrrole nitrogens is 1. The average Bonchev–Trinajstić information content (AvgIpc) is 2.15. The van der Waals surface area contributed by atoms with E-state index < -0.39 is 17.4 Å². The minimum Gasteiger partial charge on any atom is -0.307 e. The van der Waals surface area contributed by atoms with Crippen LogP contribution in [0.1, 0.15) is 5.69 Å². The Morgan fingerprint density at radius 1 is 1.13 bits per heavy atom. The molecular formula is C9H5F3N2O. The first-order valence-electron chi connectivity index (χ1n) is 4.04. The van der Waals surface area contributed by atoms with Crippen molar-refractivity contribution in [3.8, 4) is 0 Å². The first kappa shape index (κ1) is 9.70. The number of alkyl halides is 3. The van der Waals surface area contributed by atoms with E-state index in [2.05, 4.69) is 9.97 Å². The van der Waals surface area contributed by atoms with Gasteiger partial charge in [0.25, 0.3) is 0 Å². The molecular weight excluding hydrogens is 209 g/mol. The third-order valence-corrected chi connectivity index (χ3v) is 1.87. The third kappa shape index (κ3) is 1.83. The summed E-state index contributed by atoms with van der Waals surface area (Å²) in [6, 6.07) is 4.79. The summed E-state index contributed by atoms with van der Waals surface area (Å²) >= 11 is 0. The largest absolute Gasteiger partial charge is 0.433 e. The summed E-state index contributed by atoms with van der Waals surface area (Å²) in [6.45, 7) is 0. The SMILES string of the molecule is O=c1ccc2ccc(C(F)(F)F)nc2[nH]1. The van der Waals surface area contributed by atoms with Gasteiger partial charge in [0.1, 0.15) is 11.3 Å². The van der Waals surface area contributed by atoms with E-state index in [1.165, 1.54) is 18.2 Å². The zero-order valence-electron chi connectivity index (χ0n) is 7.30. The maximum atomic E-state index is 12.3. The van der Waals surface area contributed by atoms with Crippen LogP contribution in [0.5, 0.6) is 0 Å². The molecule has 2 aromatic heterocycles. The monoisotopic (exact) mass is 214 g/mol. The molecule has 0 aliphatic heterocycles. The van der Waals surface area contributed by atoms with Crippen LogP contribution in [0, 0.1) is 0 Å². The number of rotatable bonds is 0. The summed E-state index contributed by atoms with van der Waals surface area (Å²) < 4.78 is 36.8. The molecule has 3 nitrogen and oxygen atoms in total. The molecule has 0 saturated carbocycles. The van der Waals surface area contributed by atoms with E-state index in [0.717, 1.165) is 6.07 Å². The Hall–Kier alpha value is -1.85. The summed E-state index contributed by atoms with van der Waals surface area (Å²) in [6.07, 6.45) is -4.50. The van der Waals surface area contributed by atoms with Crippen molar-refractivity contribution < 1.29 is 13.2 Å². The zero-order valence-corrected chi connectivity index (χ0v) is 7.30. The lowest BCUT2D eigenvalue weighted by Gasteiger charge is -2.05. The molecule has 0 atom stereocenters. The molecule has 2 heterocycles. The minimum absolute atomic E-state index is 0.0580. The summed E-state index contributed by atoms with van der Waals surface area (Å²) in [4.78, 5) is 16.4. The van der Waals surface area contributed by atoms with Gasteiger partial charge in [0.05, 0.1) is 0 Å². The molecule has 0 radical (unpaired) electrons. The van der Waals surface area contributed by atoms with Crippen LogP contribution in [-0.2, 0) is 6.18 Å². The van der Waals surface area contributed by atoms with E-state index in [9.17, 15) is 18.0 Å². The highest BCUT2D eigenvalue weighted by Gasteiger charge is 2.32. The molecule has 0 aliphatic carbocycles. The molecule has 6 heteroatoms. The van der Waals surface area contributed by atoms with Crippen molar-refractivity contribution in [1.82, 2.24) is 9.97 Å². The Kier molecular flexibility index (Phi) is 1.99. The molecule has 0 unspecified atom stereocenters. The quantitative estimate of drug-likeness (QED) is 0.728. The van der Waals surface area contributed by atoms with Crippen LogP contribution in [-0.4, -0.2) is 9.97 Å². The molecule has 0 aromatic carbocycles. The smallest absolute Gasteiger partial charge is 0.307 e. The van der Waals surface area contributed by atoms with Crippen LogP contribution in [0.4, 0.5) is 13.2 Å². The maximum Gasteiger partial charge on any atom is 0.433 e. The predicted molar refractivity (Wildman–Crippen MR) is 47.4 cm³/mol. The molecule has 0 bridgehead atoms. The van der Waals surface area contributed by atoms with Crippen molar-refractivity contribution in [3.63, 3.8) is 0 Å². The van der Waals surface area contributed by atoms with E-state index in [-0.39, 0.29) is 5.65 Å². The molecule has 0 amide bonds. The number of nitrogens with one attached hydrogen (secondary N) is 1. The second-order valence-electron chi connectivity index (χ2n) is 2.95. The molecule has 78 valence electrons. The van der Waals surface area contributed by atoms with Crippen LogP contribution in [0.25, 0.3) is 11.0 Å². The summed E-state index contributed by atoms with van der Waals surface area (Å²) in [5, 5.41) is 0.461. The molecule has 0 aliphatic rings. The first-order chi connectivity index (χ1) is 6.97. The zero-order chi connectivity index (χ0) is 11.1. The van der Waals surface area contributed by atoms with E-state index in [1.54, 1.807) is 0 Å². The molecule has 1 N–H and O–H groups in total. The molecule has 0 saturated heterocycles. The molecule has 0 fully saturated rings. The van der Waals surface area contributed by atoms with Crippen LogP contribution in [0.15, 0.2) is 29.1 Å². The first-order valence-corrected chi connectivity index (χ1v) is 4.04. The molecule has 0 spiro atoms. The number of hydrogen-bond donors (Lipinski definition) is 1. The highest BCUT2D eigenvalue weighted by atomic mass is 19.4. The van der Waals surface area contributed by atoms with Crippen LogP contribution in [0.2, 0.25) is 0 Å². The van der Waals surface area contributed by atoms with Crippen molar-refractivity contribution in [3.05, 3.63) is 40.3 Å². The van der Waals surface area contributed by atoms with E-state index in [4.69, 9.17) is 0 Å². The fraction of sp³-hybridized carbons (Fsp3) is 0.111. The van der Waals surface area contributed by atoms with Crippen molar-refractivity contribution in [2.45, 2.75) is 6.18 Å². The van der Waals surface area contributed by atoms with Gasteiger partial charge in [-0.1, -0.05) is 0 Å². The van der Waals surface area contributed by atoms with Gasteiger partial charge in [0.15, 0.2) is 0 Å². The number of pyridine rings is 2. The number of aromatic amines is 1. The second-order valence-corrected chi connectivity index (χ2v) is 2.95. The predicted octanol–water partition coefficient (Wildman–Crippen LogP) is 1.94. The average molecular weight is 214 g/mol. The Morgan fingerprint density at radius 3 is 2.47 bits per heavy atom. The van der Waals surface area contributed by atoms with Gasteiger partial charge in [0, 0.05) is 11.5 Å². The van der Waals surface area contributed by atoms with Crippen molar-refractivity contribution in [1.29, 1.82) is 0 Å². The topological polar surface area (TPSA) is 45.8 Å². The lowest BCUT2D eigenvalue weighted by molar-refractivity contribution is -0.141. The normalized spacial score (nSPS) is 11.9. The second kappa shape index (κ2) is 3.08.